The molecule has 2 N–H and O–H groups in total. The Kier molecular flexibility index (Phi) is 2.65. The van der Waals surface area contributed by atoms with Gasteiger partial charge in [0.2, 0.25) is 0 Å². The molecule has 0 spiro atoms. The van der Waals surface area contributed by atoms with Crippen molar-refractivity contribution >= 4 is 17.3 Å². The first-order chi connectivity index (χ1) is 7.16. The maximum absolute atomic E-state index is 6.01. The molecule has 0 saturated carbocycles. The summed E-state index contributed by atoms with van der Waals surface area (Å²) in [7, 11) is 0. The molecule has 1 nitrogen and oxygen atoms in total. The lowest BCUT2D eigenvalue weighted by Crippen LogP contribution is -1.89. The SMILES string of the molecule is Cc1cc(Cl)cc(-c2ccccc2N)c1. The van der Waals surface area contributed by atoms with Gasteiger partial charge in [0, 0.05) is 16.3 Å². The van der Waals surface area contributed by atoms with Crippen LogP contribution in [0.3, 0.4) is 0 Å². The summed E-state index contributed by atoms with van der Waals surface area (Å²) in [5.41, 5.74) is 9.92. The van der Waals surface area contributed by atoms with Crippen LogP contribution in [0.4, 0.5) is 5.69 Å². The zero-order valence-electron chi connectivity index (χ0n) is 8.50. The van der Waals surface area contributed by atoms with Crippen LogP contribution in [-0.4, -0.2) is 0 Å². The quantitative estimate of drug-likeness (QED) is 0.721. The highest BCUT2D eigenvalue weighted by atomic mass is 35.5. The van der Waals surface area contributed by atoms with Gasteiger partial charge in [-0.2, -0.15) is 0 Å². The predicted octanol–water partition coefficient (Wildman–Crippen LogP) is 3.90. The number of halogens is 1. The molecule has 2 heteroatoms. The third-order valence-electron chi connectivity index (χ3n) is 2.31. The molecule has 0 aliphatic carbocycles. The van der Waals surface area contributed by atoms with E-state index in [1.807, 2.05) is 43.3 Å². The number of nitrogen functional groups attached to an aromatic ring is 1. The fourth-order valence-corrected chi connectivity index (χ4v) is 1.94. The smallest absolute Gasteiger partial charge is 0.0414 e. The largest absolute Gasteiger partial charge is 0.398 e. The fraction of sp³-hybridized carbons (Fsp3) is 0.0769. The van der Waals surface area contributed by atoms with E-state index in [1.165, 1.54) is 0 Å². The summed E-state index contributed by atoms with van der Waals surface area (Å²) in [5.74, 6) is 0. The molecule has 0 atom stereocenters. The average Bonchev–Trinajstić information content (AvgIpc) is 2.16. The Balaban J connectivity index is 2.59. The van der Waals surface area contributed by atoms with Crippen molar-refractivity contribution in [3.05, 3.63) is 53.1 Å². The Morgan fingerprint density at radius 2 is 1.80 bits per heavy atom. The molecule has 2 aromatic carbocycles. The van der Waals surface area contributed by atoms with Crippen molar-refractivity contribution in [2.45, 2.75) is 6.92 Å². The monoisotopic (exact) mass is 217 g/mol. The number of nitrogens with two attached hydrogens (primary N) is 1. The molecule has 0 aliphatic heterocycles. The second-order valence-electron chi connectivity index (χ2n) is 3.60. The third kappa shape index (κ3) is 2.13. The number of hydrogen-bond donors (Lipinski definition) is 1. The van der Waals surface area contributed by atoms with Gasteiger partial charge >= 0.3 is 0 Å². The number of hydrogen-bond acceptors (Lipinski definition) is 1. The second kappa shape index (κ2) is 3.95. The Morgan fingerprint density at radius 1 is 1.07 bits per heavy atom. The number of para-hydroxylation sites is 1. The normalized spacial score (nSPS) is 10.3. The molecule has 0 unspecified atom stereocenters. The Hall–Kier alpha value is -1.47. The van der Waals surface area contributed by atoms with E-state index in [0.717, 1.165) is 27.4 Å². The van der Waals surface area contributed by atoms with Crippen LogP contribution in [0.25, 0.3) is 11.1 Å². The van der Waals surface area contributed by atoms with E-state index in [1.54, 1.807) is 0 Å². The number of anilines is 1. The van der Waals surface area contributed by atoms with Crippen LogP contribution in [0.15, 0.2) is 42.5 Å². The summed E-state index contributed by atoms with van der Waals surface area (Å²) in [6.07, 6.45) is 0. The van der Waals surface area contributed by atoms with Crippen molar-refractivity contribution in [3.63, 3.8) is 0 Å². The standard InChI is InChI=1S/C13H12ClN/c1-9-6-10(8-11(14)7-9)12-4-2-3-5-13(12)15/h2-8H,15H2,1H3. The highest BCUT2D eigenvalue weighted by Gasteiger charge is 2.03. The van der Waals surface area contributed by atoms with Crippen LogP contribution in [0.1, 0.15) is 5.56 Å². The molecule has 15 heavy (non-hydrogen) atoms. The van der Waals surface area contributed by atoms with Crippen LogP contribution in [0, 0.1) is 6.92 Å². The van der Waals surface area contributed by atoms with Gasteiger partial charge in [0.05, 0.1) is 0 Å². The molecular weight excluding hydrogens is 206 g/mol. The number of aryl methyl sites for hydroxylation is 1. The third-order valence-corrected chi connectivity index (χ3v) is 2.53. The van der Waals surface area contributed by atoms with Gasteiger partial charge in [0.15, 0.2) is 0 Å². The fourth-order valence-electron chi connectivity index (χ4n) is 1.65. The maximum atomic E-state index is 6.01. The summed E-state index contributed by atoms with van der Waals surface area (Å²) in [6, 6.07) is 13.7. The van der Waals surface area contributed by atoms with Gasteiger partial charge in [0.25, 0.3) is 0 Å². The van der Waals surface area contributed by atoms with Crippen molar-refractivity contribution in [3.8, 4) is 11.1 Å². The van der Waals surface area contributed by atoms with Crippen molar-refractivity contribution < 1.29 is 0 Å². The summed E-state index contributed by atoms with van der Waals surface area (Å²) in [5, 5.41) is 0.744. The predicted molar refractivity (Wildman–Crippen MR) is 66.0 cm³/mol. The van der Waals surface area contributed by atoms with E-state index in [2.05, 4.69) is 6.07 Å². The van der Waals surface area contributed by atoms with E-state index in [0.29, 0.717) is 0 Å². The minimum Gasteiger partial charge on any atom is -0.398 e. The lowest BCUT2D eigenvalue weighted by atomic mass is 10.0. The molecule has 0 radical (unpaired) electrons. The topological polar surface area (TPSA) is 26.0 Å². The van der Waals surface area contributed by atoms with Crippen LogP contribution in [0.2, 0.25) is 5.02 Å². The van der Waals surface area contributed by atoms with E-state index < -0.39 is 0 Å². The highest BCUT2D eigenvalue weighted by Crippen LogP contribution is 2.28. The molecule has 0 heterocycles. The molecule has 0 fully saturated rings. The first-order valence-electron chi connectivity index (χ1n) is 4.79. The molecular formula is C13H12ClN. The minimum absolute atomic E-state index is 0.744. The van der Waals surface area contributed by atoms with Crippen LogP contribution in [0.5, 0.6) is 0 Å². The van der Waals surface area contributed by atoms with Crippen LogP contribution >= 0.6 is 11.6 Å². The lowest BCUT2D eigenvalue weighted by Gasteiger charge is -2.07. The molecule has 2 rings (SSSR count). The Bertz CT molecular complexity index is 471. The molecule has 2 aromatic rings. The highest BCUT2D eigenvalue weighted by molar-refractivity contribution is 6.31. The zero-order valence-corrected chi connectivity index (χ0v) is 9.25. The van der Waals surface area contributed by atoms with Crippen LogP contribution in [-0.2, 0) is 0 Å². The van der Waals surface area contributed by atoms with Crippen molar-refractivity contribution in [1.29, 1.82) is 0 Å². The average molecular weight is 218 g/mol. The molecule has 76 valence electrons. The van der Waals surface area contributed by atoms with Gasteiger partial charge in [-0.05, 0) is 36.2 Å². The molecule has 0 amide bonds. The van der Waals surface area contributed by atoms with E-state index >= 15 is 0 Å². The maximum Gasteiger partial charge on any atom is 0.0414 e. The van der Waals surface area contributed by atoms with E-state index in [-0.39, 0.29) is 0 Å². The Morgan fingerprint density at radius 3 is 2.47 bits per heavy atom. The van der Waals surface area contributed by atoms with Gasteiger partial charge < -0.3 is 5.73 Å². The van der Waals surface area contributed by atoms with Crippen molar-refractivity contribution in [2.24, 2.45) is 0 Å². The van der Waals surface area contributed by atoms with Gasteiger partial charge in [-0.3, -0.25) is 0 Å². The van der Waals surface area contributed by atoms with E-state index in [4.69, 9.17) is 17.3 Å². The number of benzene rings is 2. The Labute approximate surface area is 94.5 Å². The van der Waals surface area contributed by atoms with Crippen molar-refractivity contribution in [1.82, 2.24) is 0 Å². The summed E-state index contributed by atoms with van der Waals surface area (Å²) in [6.45, 7) is 2.02. The number of rotatable bonds is 1. The van der Waals surface area contributed by atoms with Gasteiger partial charge in [0.1, 0.15) is 0 Å². The minimum atomic E-state index is 0.744. The van der Waals surface area contributed by atoms with Gasteiger partial charge in [-0.15, -0.1) is 0 Å². The van der Waals surface area contributed by atoms with Gasteiger partial charge in [-0.25, -0.2) is 0 Å². The molecule has 0 aromatic heterocycles. The summed E-state index contributed by atoms with van der Waals surface area (Å²) in [4.78, 5) is 0. The van der Waals surface area contributed by atoms with Gasteiger partial charge in [-0.1, -0.05) is 35.9 Å². The summed E-state index contributed by atoms with van der Waals surface area (Å²) >= 11 is 6.01. The van der Waals surface area contributed by atoms with Crippen LogP contribution < -0.4 is 5.73 Å². The summed E-state index contributed by atoms with van der Waals surface area (Å²) < 4.78 is 0. The first-order valence-corrected chi connectivity index (χ1v) is 5.17. The van der Waals surface area contributed by atoms with Crippen molar-refractivity contribution in [2.75, 3.05) is 5.73 Å². The first kappa shape index (κ1) is 10.1. The van der Waals surface area contributed by atoms with E-state index in [9.17, 15) is 0 Å². The molecule has 0 saturated heterocycles. The zero-order chi connectivity index (χ0) is 10.8. The molecule has 0 aliphatic rings. The second-order valence-corrected chi connectivity index (χ2v) is 4.04. The molecule has 0 bridgehead atoms. The lowest BCUT2D eigenvalue weighted by molar-refractivity contribution is 1.47.